The van der Waals surface area contributed by atoms with E-state index >= 15 is 0 Å². The van der Waals surface area contributed by atoms with Crippen LogP contribution in [0.25, 0.3) is 0 Å². The van der Waals surface area contributed by atoms with Gasteiger partial charge in [-0.05, 0) is 6.42 Å². The van der Waals surface area contributed by atoms with Crippen LogP contribution in [0, 0.1) is 0 Å². The second kappa shape index (κ2) is 3.61. The molecule has 1 aromatic rings. The van der Waals surface area contributed by atoms with E-state index in [2.05, 4.69) is 9.97 Å². The Hall–Kier alpha value is -1.04. The Morgan fingerprint density at radius 2 is 2.21 bits per heavy atom. The summed E-state index contributed by atoms with van der Waals surface area (Å²) in [5, 5.41) is 0.792. The molecule has 1 aliphatic heterocycles. The van der Waals surface area contributed by atoms with Gasteiger partial charge < -0.3 is 4.90 Å². The van der Waals surface area contributed by atoms with E-state index in [4.69, 9.17) is 0 Å². The molecule has 0 fully saturated rings. The highest BCUT2D eigenvalue weighted by Crippen LogP contribution is 2.21. The number of fused-ring (bicyclic) bond motifs is 1. The first kappa shape index (κ1) is 9.51. The molecule has 5 nitrogen and oxygen atoms in total. The van der Waals surface area contributed by atoms with Gasteiger partial charge in [-0.2, -0.15) is 9.97 Å². The SMILES string of the molecule is CN(C)c1nc2n(c(=O)n1)CCCS2. The summed E-state index contributed by atoms with van der Waals surface area (Å²) in [5.41, 5.74) is -0.189. The molecule has 0 unspecified atom stereocenters. The van der Waals surface area contributed by atoms with Crippen molar-refractivity contribution in [1.82, 2.24) is 14.5 Å². The predicted octanol–water partition coefficient (Wildman–Crippen LogP) is 0.200. The van der Waals surface area contributed by atoms with Crippen LogP contribution in [0.3, 0.4) is 0 Å². The van der Waals surface area contributed by atoms with Gasteiger partial charge in [0.15, 0.2) is 5.16 Å². The molecule has 0 radical (unpaired) electrons. The number of rotatable bonds is 1. The van der Waals surface area contributed by atoms with Crippen LogP contribution in [0.1, 0.15) is 6.42 Å². The van der Waals surface area contributed by atoms with Crippen molar-refractivity contribution in [1.29, 1.82) is 0 Å². The zero-order valence-electron chi connectivity index (χ0n) is 8.23. The molecule has 76 valence electrons. The summed E-state index contributed by atoms with van der Waals surface area (Å²) in [6, 6.07) is 0. The number of hydrogen-bond donors (Lipinski definition) is 0. The third kappa shape index (κ3) is 1.61. The number of thioether (sulfide) groups is 1. The van der Waals surface area contributed by atoms with Gasteiger partial charge >= 0.3 is 5.69 Å². The summed E-state index contributed by atoms with van der Waals surface area (Å²) < 4.78 is 1.64. The molecule has 0 saturated heterocycles. The van der Waals surface area contributed by atoms with Gasteiger partial charge in [0.25, 0.3) is 0 Å². The van der Waals surface area contributed by atoms with Gasteiger partial charge in [0, 0.05) is 26.4 Å². The fourth-order valence-corrected chi connectivity index (χ4v) is 2.21. The van der Waals surface area contributed by atoms with Gasteiger partial charge in [-0.15, -0.1) is 0 Å². The number of aromatic nitrogens is 3. The van der Waals surface area contributed by atoms with Crippen molar-refractivity contribution in [2.24, 2.45) is 0 Å². The number of hydrogen-bond acceptors (Lipinski definition) is 5. The molecule has 2 rings (SSSR count). The molecule has 0 N–H and O–H groups in total. The van der Waals surface area contributed by atoms with Crippen LogP contribution < -0.4 is 10.6 Å². The maximum Gasteiger partial charge on any atom is 0.352 e. The van der Waals surface area contributed by atoms with Crippen molar-refractivity contribution >= 4 is 17.7 Å². The molecule has 0 atom stereocenters. The Bertz CT molecular complexity index is 401. The molecule has 0 spiro atoms. The fraction of sp³-hybridized carbons (Fsp3) is 0.625. The van der Waals surface area contributed by atoms with Crippen molar-refractivity contribution < 1.29 is 0 Å². The normalized spacial score (nSPS) is 15.0. The highest BCUT2D eigenvalue weighted by Gasteiger charge is 2.14. The van der Waals surface area contributed by atoms with Crippen molar-refractivity contribution in [2.75, 3.05) is 24.7 Å². The minimum absolute atomic E-state index is 0.189. The van der Waals surface area contributed by atoms with Crippen LogP contribution in [-0.2, 0) is 6.54 Å². The first-order valence-electron chi connectivity index (χ1n) is 4.47. The van der Waals surface area contributed by atoms with Gasteiger partial charge in [-0.3, -0.25) is 4.57 Å². The summed E-state index contributed by atoms with van der Waals surface area (Å²) in [7, 11) is 3.67. The number of nitrogens with zero attached hydrogens (tertiary/aromatic N) is 4. The number of anilines is 1. The quantitative estimate of drug-likeness (QED) is 0.665. The van der Waals surface area contributed by atoms with Gasteiger partial charge in [0.1, 0.15) is 0 Å². The van der Waals surface area contributed by atoms with E-state index in [1.165, 1.54) is 0 Å². The molecule has 0 aromatic carbocycles. The maximum absolute atomic E-state index is 11.6. The third-order valence-corrected chi connectivity index (χ3v) is 3.07. The predicted molar refractivity (Wildman–Crippen MR) is 56.0 cm³/mol. The maximum atomic E-state index is 11.6. The lowest BCUT2D eigenvalue weighted by atomic mass is 10.5. The molecule has 1 aromatic heterocycles. The first-order chi connectivity index (χ1) is 6.68. The Labute approximate surface area is 86.2 Å². The molecule has 0 amide bonds. The molecule has 1 aliphatic rings. The molecule has 14 heavy (non-hydrogen) atoms. The lowest BCUT2D eigenvalue weighted by Crippen LogP contribution is -2.31. The average Bonchev–Trinajstić information content (AvgIpc) is 2.17. The highest BCUT2D eigenvalue weighted by molar-refractivity contribution is 7.99. The summed E-state index contributed by atoms with van der Waals surface area (Å²) in [5.74, 6) is 1.53. The highest BCUT2D eigenvalue weighted by atomic mass is 32.2. The third-order valence-electron chi connectivity index (χ3n) is 2.01. The Morgan fingerprint density at radius 1 is 1.43 bits per heavy atom. The molecular weight excluding hydrogens is 200 g/mol. The van der Waals surface area contributed by atoms with Crippen LogP contribution in [0.4, 0.5) is 5.95 Å². The summed E-state index contributed by atoms with van der Waals surface area (Å²) in [4.78, 5) is 21.5. The van der Waals surface area contributed by atoms with Crippen molar-refractivity contribution in [3.63, 3.8) is 0 Å². The van der Waals surface area contributed by atoms with E-state index in [0.717, 1.165) is 23.9 Å². The molecule has 0 saturated carbocycles. The van der Waals surface area contributed by atoms with E-state index in [0.29, 0.717) is 5.95 Å². The molecule has 2 heterocycles. The Balaban J connectivity index is 2.52. The summed E-state index contributed by atoms with van der Waals surface area (Å²) in [6.45, 7) is 0.745. The standard InChI is InChI=1S/C8H12N4OS/c1-11(2)6-9-7(13)12-4-3-5-14-8(12)10-6/h3-5H2,1-2H3. The Kier molecular flexibility index (Phi) is 2.45. The fourth-order valence-electron chi connectivity index (χ4n) is 1.29. The van der Waals surface area contributed by atoms with E-state index in [1.807, 2.05) is 14.1 Å². The van der Waals surface area contributed by atoms with Gasteiger partial charge in [-0.25, -0.2) is 4.79 Å². The average molecular weight is 212 g/mol. The minimum atomic E-state index is -0.189. The first-order valence-corrected chi connectivity index (χ1v) is 5.46. The molecule has 6 heteroatoms. The minimum Gasteiger partial charge on any atom is -0.347 e. The molecular formula is C8H12N4OS. The monoisotopic (exact) mass is 212 g/mol. The smallest absolute Gasteiger partial charge is 0.347 e. The van der Waals surface area contributed by atoms with E-state index in [-0.39, 0.29) is 5.69 Å². The molecule has 0 bridgehead atoms. The van der Waals surface area contributed by atoms with Crippen molar-refractivity contribution in [2.45, 2.75) is 18.1 Å². The lowest BCUT2D eigenvalue weighted by molar-refractivity contribution is 0.542. The van der Waals surface area contributed by atoms with Crippen molar-refractivity contribution in [3.8, 4) is 0 Å². The van der Waals surface area contributed by atoms with Gasteiger partial charge in [-0.1, -0.05) is 11.8 Å². The molecule has 0 aliphatic carbocycles. The second-order valence-corrected chi connectivity index (χ2v) is 4.40. The summed E-state index contributed by atoms with van der Waals surface area (Å²) in [6.07, 6.45) is 1.02. The summed E-state index contributed by atoms with van der Waals surface area (Å²) >= 11 is 1.62. The van der Waals surface area contributed by atoms with Crippen molar-refractivity contribution in [3.05, 3.63) is 10.5 Å². The van der Waals surface area contributed by atoms with Crippen LogP contribution >= 0.6 is 11.8 Å². The van der Waals surface area contributed by atoms with Crippen LogP contribution in [0.15, 0.2) is 9.95 Å². The largest absolute Gasteiger partial charge is 0.352 e. The Morgan fingerprint density at radius 3 is 2.93 bits per heavy atom. The van der Waals surface area contributed by atoms with Crippen LogP contribution in [0.5, 0.6) is 0 Å². The topological polar surface area (TPSA) is 51.0 Å². The van der Waals surface area contributed by atoms with Gasteiger partial charge in [0.2, 0.25) is 5.95 Å². The van der Waals surface area contributed by atoms with Gasteiger partial charge in [0.05, 0.1) is 0 Å². The zero-order valence-corrected chi connectivity index (χ0v) is 9.04. The van der Waals surface area contributed by atoms with E-state index in [9.17, 15) is 4.79 Å². The second-order valence-electron chi connectivity index (χ2n) is 3.34. The zero-order chi connectivity index (χ0) is 10.1. The van der Waals surface area contributed by atoms with E-state index < -0.39 is 0 Å². The lowest BCUT2D eigenvalue weighted by Gasteiger charge is -2.18. The van der Waals surface area contributed by atoms with Crippen LogP contribution in [0.2, 0.25) is 0 Å². The van der Waals surface area contributed by atoms with E-state index in [1.54, 1.807) is 21.2 Å². The van der Waals surface area contributed by atoms with Crippen LogP contribution in [-0.4, -0.2) is 34.4 Å².